The fourth-order valence-electron chi connectivity index (χ4n) is 13.5. The van der Waals surface area contributed by atoms with Gasteiger partial charge in [0.15, 0.2) is 11.2 Å². The molecular formula is C82H57BN4O. The largest absolute Gasteiger partial charge is 0.452 e. The molecule has 0 amide bonds. The monoisotopic (exact) mass is 1150 g/mol. The van der Waals surface area contributed by atoms with Crippen LogP contribution >= 0.6 is 0 Å². The topological polar surface area (TPSA) is 29.5 Å². The first-order chi connectivity index (χ1) is 52.0. The lowest BCUT2D eigenvalue weighted by atomic mass is 9.33. The van der Waals surface area contributed by atoms with Gasteiger partial charge in [-0.05, 0) is 146 Å². The van der Waals surface area contributed by atoms with Crippen LogP contribution < -0.4 is 26.2 Å². The minimum Gasteiger partial charge on any atom is -0.452 e. The summed E-state index contributed by atoms with van der Waals surface area (Å²) < 4.78 is 203. The molecule has 3 aromatic heterocycles. The Morgan fingerprint density at radius 3 is 1.39 bits per heavy atom. The number of fused-ring (bicyclic) bond motifs is 13. The summed E-state index contributed by atoms with van der Waals surface area (Å²) in [5, 5.41) is 0.516. The molecule has 414 valence electrons. The first-order valence-corrected chi connectivity index (χ1v) is 28.9. The van der Waals surface area contributed by atoms with Crippen molar-refractivity contribution in [3.05, 3.63) is 296 Å². The lowest BCUT2D eigenvalue weighted by Crippen LogP contribution is -2.61. The van der Waals surface area contributed by atoms with E-state index >= 15 is 0 Å². The van der Waals surface area contributed by atoms with Gasteiger partial charge >= 0.3 is 0 Å². The van der Waals surface area contributed by atoms with Crippen LogP contribution in [0.5, 0.6) is 0 Å². The zero-order valence-corrected chi connectivity index (χ0v) is 47.4. The summed E-state index contributed by atoms with van der Waals surface area (Å²) in [6, 6.07) is 41.0. The molecule has 0 N–H and O–H groups in total. The zero-order valence-electron chi connectivity index (χ0n) is 68.4. The molecule has 0 saturated carbocycles. The maximum absolute atomic E-state index is 9.67. The quantitative estimate of drug-likeness (QED) is 0.149. The van der Waals surface area contributed by atoms with Gasteiger partial charge in [-0.3, -0.25) is 0 Å². The van der Waals surface area contributed by atoms with E-state index in [0.29, 0.717) is 61.4 Å². The van der Waals surface area contributed by atoms with Crippen molar-refractivity contribution in [3.8, 4) is 44.8 Å². The van der Waals surface area contributed by atoms with Crippen molar-refractivity contribution in [2.75, 3.05) is 9.80 Å². The summed E-state index contributed by atoms with van der Waals surface area (Å²) in [6.45, 7) is 5.49. The van der Waals surface area contributed by atoms with Crippen LogP contribution in [0.4, 0.5) is 34.1 Å². The van der Waals surface area contributed by atoms with Crippen LogP contribution in [0, 0.1) is 0 Å². The molecule has 2 aliphatic rings. The molecule has 13 aromatic carbocycles. The van der Waals surface area contributed by atoms with Crippen LogP contribution in [0.15, 0.2) is 295 Å². The SMILES string of the molecule is [2H]c1c([2H])c([2H])c(-c2ccc3c(c2)N(c2cc(-c4ccccc4)cc(-c4ccccc4)c2)c2cc(C(C)(C)C)cc4c2B3c2ccc(-n3c5c([2H])c([2H])c([2H])c([2H])c5c5c([2H])c([2H])c([2H])c([2H])c53)cc2N4c2cccc3c2oc2c(-n4c5c([2H])c([2H])c([2H])c([2H])c5c5c([2H])c([2H])c([2H])c([2H])c54)cccc23)c([2H])c1[2H]. The molecule has 0 atom stereocenters. The average Bonchev–Trinajstić information content (AvgIpc) is 1.68. The van der Waals surface area contributed by atoms with Crippen molar-refractivity contribution in [2.24, 2.45) is 0 Å². The number of hydrogen-bond donors (Lipinski definition) is 0. The Kier molecular flexibility index (Phi) is 7.33. The van der Waals surface area contributed by atoms with Crippen molar-refractivity contribution in [2.45, 2.75) is 26.2 Å². The molecule has 18 rings (SSSR count). The van der Waals surface area contributed by atoms with Gasteiger partial charge < -0.3 is 23.4 Å². The van der Waals surface area contributed by atoms with Crippen LogP contribution in [-0.4, -0.2) is 15.8 Å². The molecule has 6 heteroatoms. The van der Waals surface area contributed by atoms with E-state index in [4.69, 9.17) is 19.5 Å². The summed E-state index contributed by atoms with van der Waals surface area (Å²) in [7, 11) is 0. The van der Waals surface area contributed by atoms with Gasteiger partial charge in [-0.15, -0.1) is 0 Å². The van der Waals surface area contributed by atoms with E-state index in [0.717, 1.165) is 33.3 Å². The van der Waals surface area contributed by atoms with E-state index in [1.807, 2.05) is 114 Å². The van der Waals surface area contributed by atoms with Crippen molar-refractivity contribution in [1.82, 2.24) is 9.13 Å². The minimum atomic E-state index is -0.769. The Morgan fingerprint density at radius 1 is 0.330 bits per heavy atom. The van der Waals surface area contributed by atoms with Gasteiger partial charge in [-0.25, -0.2) is 0 Å². The van der Waals surface area contributed by atoms with Crippen LogP contribution in [0.2, 0.25) is 0 Å². The molecule has 0 fully saturated rings. The minimum absolute atomic E-state index is 0.0253. The molecule has 0 aliphatic carbocycles. The molecule has 0 unspecified atom stereocenters. The van der Waals surface area contributed by atoms with E-state index in [1.54, 1.807) is 24.3 Å². The van der Waals surface area contributed by atoms with Crippen LogP contribution in [0.3, 0.4) is 0 Å². The first-order valence-electron chi connectivity index (χ1n) is 39.4. The summed E-state index contributed by atoms with van der Waals surface area (Å²) in [5.41, 5.74) is 9.80. The summed E-state index contributed by atoms with van der Waals surface area (Å²) >= 11 is 0. The number of para-hydroxylation sites is 6. The maximum Gasteiger partial charge on any atom is 0.252 e. The van der Waals surface area contributed by atoms with Crippen molar-refractivity contribution < 1.29 is 33.2 Å². The number of anilines is 6. The third-order valence-electron chi connectivity index (χ3n) is 17.4. The standard InChI is InChI=1S/C82H57BN4O/c1-82(2,3)58-49-77-79-78(50-58)87(74-40-22-34-66-65-33-21-39-73(80(65)88-81(66)74)86-71-37-19-15-31-63(71)64-32-16-20-38-72(64)86)76-51-59(84-69-35-17-13-29-61(69)62-30-14-18-36-70(62)84)42-44-68(76)83(79)67-43-41-55(52-23-7-4-8-24-52)48-75(67)85(77)60-46-56(53-25-9-5-10-26-53)45-57(47-60)54-27-11-6-12-28-54/h4-51H,1-3H3/i4D,7D,8D,13D,14D,15D,16D,17D,18D,19D,20D,23D,24D,29D,30D,31D,32D,35D,36D,37D,38D. The van der Waals surface area contributed by atoms with E-state index < -0.39 is 139 Å². The third kappa shape index (κ3) is 7.55. The second kappa shape index (κ2) is 19.2. The molecule has 0 spiro atoms. The second-order valence-corrected chi connectivity index (χ2v) is 23.3. The number of benzene rings is 13. The molecule has 16 aromatic rings. The van der Waals surface area contributed by atoms with Crippen molar-refractivity contribution in [3.63, 3.8) is 0 Å². The fourth-order valence-corrected chi connectivity index (χ4v) is 13.5. The van der Waals surface area contributed by atoms with E-state index in [1.165, 1.54) is 9.13 Å². The van der Waals surface area contributed by atoms with E-state index in [2.05, 4.69) is 56.0 Å². The predicted octanol–water partition coefficient (Wildman–Crippen LogP) is 20.2. The Hall–Kier alpha value is -11.1. The molecular weight excluding hydrogens is 1070 g/mol. The highest BCUT2D eigenvalue weighted by Crippen LogP contribution is 2.51. The summed E-state index contributed by atoms with van der Waals surface area (Å²) in [4.78, 5) is 4.21. The molecule has 88 heavy (non-hydrogen) atoms. The lowest BCUT2D eigenvalue weighted by molar-refractivity contribution is 0.590. The van der Waals surface area contributed by atoms with Crippen LogP contribution in [0.1, 0.15) is 55.1 Å². The normalized spacial score (nSPS) is 16.2. The Labute approximate surface area is 540 Å². The van der Waals surface area contributed by atoms with E-state index in [9.17, 15) is 13.7 Å². The number of aromatic nitrogens is 2. The van der Waals surface area contributed by atoms with E-state index in [-0.39, 0.29) is 71.7 Å². The highest BCUT2D eigenvalue weighted by molar-refractivity contribution is 7.00. The Bertz CT molecular complexity index is 6590. The predicted molar refractivity (Wildman–Crippen MR) is 371 cm³/mol. The Balaban J connectivity index is 1.00. The molecule has 2 aliphatic heterocycles. The zero-order chi connectivity index (χ0) is 76.6. The molecule has 0 saturated heterocycles. The van der Waals surface area contributed by atoms with Gasteiger partial charge in [0.1, 0.15) is 0 Å². The fraction of sp³-hybridized carbons (Fsp3) is 0.0488. The van der Waals surface area contributed by atoms with Gasteiger partial charge in [-0.1, -0.05) is 227 Å². The van der Waals surface area contributed by atoms with Crippen molar-refractivity contribution >= 4 is 123 Å². The smallest absolute Gasteiger partial charge is 0.252 e. The lowest BCUT2D eigenvalue weighted by Gasteiger charge is -2.45. The number of hydrogen-bond acceptors (Lipinski definition) is 3. The average molecular weight is 1150 g/mol. The van der Waals surface area contributed by atoms with Gasteiger partial charge in [0, 0.05) is 66.4 Å². The molecule has 0 bridgehead atoms. The molecule has 5 nitrogen and oxygen atoms in total. The van der Waals surface area contributed by atoms with Gasteiger partial charge in [-0.2, -0.15) is 0 Å². The first kappa shape index (κ1) is 33.6. The molecule has 0 radical (unpaired) electrons. The van der Waals surface area contributed by atoms with Gasteiger partial charge in [0.25, 0.3) is 6.71 Å². The van der Waals surface area contributed by atoms with Gasteiger partial charge in [0.05, 0.1) is 62.2 Å². The van der Waals surface area contributed by atoms with Crippen molar-refractivity contribution in [1.29, 1.82) is 0 Å². The summed E-state index contributed by atoms with van der Waals surface area (Å²) in [5.74, 6) is 0. The third-order valence-corrected chi connectivity index (χ3v) is 17.4. The highest BCUT2D eigenvalue weighted by Gasteiger charge is 2.45. The number of rotatable bonds is 7. The second-order valence-electron chi connectivity index (χ2n) is 23.3. The maximum atomic E-state index is 9.67. The summed E-state index contributed by atoms with van der Waals surface area (Å²) in [6.07, 6.45) is 0. The van der Waals surface area contributed by atoms with Crippen LogP contribution in [0.25, 0.3) is 110 Å². The number of furan rings is 1. The van der Waals surface area contributed by atoms with Crippen LogP contribution in [-0.2, 0) is 5.41 Å². The number of nitrogens with zero attached hydrogens (tertiary/aromatic N) is 4. The van der Waals surface area contributed by atoms with Gasteiger partial charge in [0.2, 0.25) is 0 Å². The Morgan fingerprint density at radius 2 is 0.818 bits per heavy atom. The highest BCUT2D eigenvalue weighted by atomic mass is 16.3. The molecule has 5 heterocycles.